The molecule has 0 saturated carbocycles. The SMILES string of the molecule is Cc1ccc(C(=O)NCC#Cc2ccc(N(C)C)cc2)cc1. The van der Waals surface area contributed by atoms with Gasteiger partial charge >= 0.3 is 0 Å². The van der Waals surface area contributed by atoms with Crippen molar-refractivity contribution in [3.05, 3.63) is 65.2 Å². The van der Waals surface area contributed by atoms with Crippen molar-refractivity contribution in [1.29, 1.82) is 0 Å². The molecule has 2 aromatic rings. The first-order chi connectivity index (χ1) is 10.6. The van der Waals surface area contributed by atoms with Gasteiger partial charge in [0.05, 0.1) is 6.54 Å². The van der Waals surface area contributed by atoms with Gasteiger partial charge in [-0.25, -0.2) is 0 Å². The lowest BCUT2D eigenvalue weighted by Crippen LogP contribution is -2.23. The molecule has 0 aliphatic carbocycles. The number of amides is 1. The molecule has 0 unspecified atom stereocenters. The molecule has 2 aromatic carbocycles. The molecule has 0 fully saturated rings. The zero-order chi connectivity index (χ0) is 15.9. The van der Waals surface area contributed by atoms with E-state index in [4.69, 9.17) is 0 Å². The molecule has 112 valence electrons. The Bertz CT molecular complexity index is 689. The Kier molecular flexibility index (Phi) is 5.21. The summed E-state index contributed by atoms with van der Waals surface area (Å²) < 4.78 is 0. The maximum absolute atomic E-state index is 11.9. The zero-order valence-electron chi connectivity index (χ0n) is 13.2. The van der Waals surface area contributed by atoms with Crippen LogP contribution < -0.4 is 10.2 Å². The summed E-state index contributed by atoms with van der Waals surface area (Å²) in [5.74, 6) is 5.91. The number of hydrogen-bond donors (Lipinski definition) is 1. The summed E-state index contributed by atoms with van der Waals surface area (Å²) in [6.07, 6.45) is 0. The molecule has 0 saturated heterocycles. The van der Waals surface area contributed by atoms with E-state index in [-0.39, 0.29) is 5.91 Å². The first-order valence-electron chi connectivity index (χ1n) is 7.17. The van der Waals surface area contributed by atoms with Crippen molar-refractivity contribution >= 4 is 11.6 Å². The van der Waals surface area contributed by atoms with Crippen molar-refractivity contribution in [2.75, 3.05) is 25.5 Å². The summed E-state index contributed by atoms with van der Waals surface area (Å²) >= 11 is 0. The van der Waals surface area contributed by atoms with E-state index in [1.54, 1.807) is 0 Å². The number of carbonyl (C=O) groups excluding carboxylic acids is 1. The van der Waals surface area contributed by atoms with Gasteiger partial charge in [0.1, 0.15) is 0 Å². The van der Waals surface area contributed by atoms with Crippen molar-refractivity contribution in [1.82, 2.24) is 5.32 Å². The molecule has 0 radical (unpaired) electrons. The molecule has 0 bridgehead atoms. The monoisotopic (exact) mass is 292 g/mol. The molecule has 0 spiro atoms. The van der Waals surface area contributed by atoms with Gasteiger partial charge in [-0.15, -0.1) is 0 Å². The highest BCUT2D eigenvalue weighted by Gasteiger charge is 2.02. The number of nitrogens with one attached hydrogen (secondary N) is 1. The molecular formula is C19H20N2O. The van der Waals surface area contributed by atoms with E-state index < -0.39 is 0 Å². The van der Waals surface area contributed by atoms with E-state index in [1.165, 1.54) is 0 Å². The van der Waals surface area contributed by atoms with Crippen LogP contribution >= 0.6 is 0 Å². The van der Waals surface area contributed by atoms with Crippen LogP contribution in [0.1, 0.15) is 21.5 Å². The van der Waals surface area contributed by atoms with Crippen LogP contribution in [0.3, 0.4) is 0 Å². The average Bonchev–Trinajstić information content (AvgIpc) is 2.52. The Morgan fingerprint density at radius 3 is 2.27 bits per heavy atom. The minimum absolute atomic E-state index is 0.0998. The summed E-state index contributed by atoms with van der Waals surface area (Å²) in [6.45, 7) is 2.33. The Labute approximate surface area is 132 Å². The molecule has 0 atom stereocenters. The van der Waals surface area contributed by atoms with Gasteiger partial charge in [-0.3, -0.25) is 4.79 Å². The quantitative estimate of drug-likeness (QED) is 0.882. The largest absolute Gasteiger partial charge is 0.378 e. The minimum Gasteiger partial charge on any atom is -0.378 e. The Morgan fingerprint density at radius 1 is 1.05 bits per heavy atom. The number of carbonyl (C=O) groups is 1. The van der Waals surface area contributed by atoms with Crippen LogP contribution in [0.2, 0.25) is 0 Å². The normalized spacial score (nSPS) is 9.59. The maximum Gasteiger partial charge on any atom is 0.252 e. The van der Waals surface area contributed by atoms with E-state index in [2.05, 4.69) is 17.2 Å². The predicted molar refractivity (Wildman–Crippen MR) is 91.2 cm³/mol. The molecule has 22 heavy (non-hydrogen) atoms. The number of aryl methyl sites for hydroxylation is 1. The Hall–Kier alpha value is -2.73. The van der Waals surface area contributed by atoms with E-state index in [1.807, 2.05) is 74.4 Å². The minimum atomic E-state index is -0.0998. The third-order valence-electron chi connectivity index (χ3n) is 3.27. The maximum atomic E-state index is 11.9. The van der Waals surface area contributed by atoms with Gasteiger partial charge in [0.2, 0.25) is 0 Å². The molecule has 0 aromatic heterocycles. The van der Waals surface area contributed by atoms with Gasteiger partial charge in [0, 0.05) is 30.9 Å². The number of hydrogen-bond acceptors (Lipinski definition) is 2. The summed E-state index contributed by atoms with van der Waals surface area (Å²) in [4.78, 5) is 13.9. The van der Waals surface area contributed by atoms with Crippen LogP contribution in [0.15, 0.2) is 48.5 Å². The van der Waals surface area contributed by atoms with Gasteiger partial charge in [-0.05, 0) is 43.3 Å². The fraction of sp³-hybridized carbons (Fsp3) is 0.211. The van der Waals surface area contributed by atoms with Crippen molar-refractivity contribution in [2.24, 2.45) is 0 Å². The third kappa shape index (κ3) is 4.39. The van der Waals surface area contributed by atoms with Crippen molar-refractivity contribution in [2.45, 2.75) is 6.92 Å². The average molecular weight is 292 g/mol. The third-order valence-corrected chi connectivity index (χ3v) is 3.27. The zero-order valence-corrected chi connectivity index (χ0v) is 13.2. The van der Waals surface area contributed by atoms with Gasteiger partial charge in [-0.1, -0.05) is 29.5 Å². The van der Waals surface area contributed by atoms with Crippen LogP contribution in [-0.2, 0) is 0 Å². The molecule has 0 aliphatic heterocycles. The smallest absolute Gasteiger partial charge is 0.252 e. The van der Waals surface area contributed by atoms with Crippen molar-refractivity contribution < 1.29 is 4.79 Å². The molecule has 0 aliphatic rings. The highest BCUT2D eigenvalue weighted by molar-refractivity contribution is 5.94. The van der Waals surface area contributed by atoms with Crippen LogP contribution in [0.4, 0.5) is 5.69 Å². The summed E-state index contributed by atoms with van der Waals surface area (Å²) in [6, 6.07) is 15.5. The highest BCUT2D eigenvalue weighted by atomic mass is 16.1. The molecule has 2 rings (SSSR count). The van der Waals surface area contributed by atoms with Crippen molar-refractivity contribution in [3.8, 4) is 11.8 Å². The molecule has 1 N–H and O–H groups in total. The standard InChI is InChI=1S/C19H20N2O/c1-15-6-10-17(11-7-15)19(22)20-14-4-5-16-8-12-18(13-9-16)21(2)3/h6-13H,14H2,1-3H3,(H,20,22). The molecule has 0 heterocycles. The highest BCUT2D eigenvalue weighted by Crippen LogP contribution is 2.11. The van der Waals surface area contributed by atoms with Gasteiger partial charge in [0.15, 0.2) is 0 Å². The van der Waals surface area contributed by atoms with E-state index in [0.717, 1.165) is 16.8 Å². The van der Waals surface area contributed by atoms with E-state index in [0.29, 0.717) is 12.1 Å². The topological polar surface area (TPSA) is 32.3 Å². The second kappa shape index (κ2) is 7.33. The van der Waals surface area contributed by atoms with Gasteiger partial charge in [-0.2, -0.15) is 0 Å². The van der Waals surface area contributed by atoms with Crippen LogP contribution in [-0.4, -0.2) is 26.5 Å². The first kappa shape index (κ1) is 15.7. The molecule has 1 amide bonds. The molecular weight excluding hydrogens is 272 g/mol. The van der Waals surface area contributed by atoms with E-state index in [9.17, 15) is 4.79 Å². The summed E-state index contributed by atoms with van der Waals surface area (Å²) in [5.41, 5.74) is 3.87. The lowest BCUT2D eigenvalue weighted by Gasteiger charge is -2.11. The molecule has 3 nitrogen and oxygen atoms in total. The second-order valence-electron chi connectivity index (χ2n) is 5.29. The lowest BCUT2D eigenvalue weighted by molar-refractivity contribution is 0.0958. The summed E-state index contributed by atoms with van der Waals surface area (Å²) in [7, 11) is 4.00. The number of rotatable bonds is 3. The Balaban J connectivity index is 1.88. The van der Waals surface area contributed by atoms with Crippen LogP contribution in [0.5, 0.6) is 0 Å². The number of benzene rings is 2. The van der Waals surface area contributed by atoms with Crippen LogP contribution in [0, 0.1) is 18.8 Å². The molecule has 3 heteroatoms. The second-order valence-corrected chi connectivity index (χ2v) is 5.29. The summed E-state index contributed by atoms with van der Waals surface area (Å²) in [5, 5.41) is 2.80. The van der Waals surface area contributed by atoms with Gasteiger partial charge < -0.3 is 10.2 Å². The first-order valence-corrected chi connectivity index (χ1v) is 7.17. The van der Waals surface area contributed by atoms with Crippen molar-refractivity contribution in [3.63, 3.8) is 0 Å². The number of nitrogens with zero attached hydrogens (tertiary/aromatic N) is 1. The number of anilines is 1. The van der Waals surface area contributed by atoms with E-state index >= 15 is 0 Å². The van der Waals surface area contributed by atoms with Crippen LogP contribution in [0.25, 0.3) is 0 Å². The fourth-order valence-electron chi connectivity index (χ4n) is 1.92. The fourth-order valence-corrected chi connectivity index (χ4v) is 1.92. The lowest BCUT2D eigenvalue weighted by atomic mass is 10.1. The van der Waals surface area contributed by atoms with Gasteiger partial charge in [0.25, 0.3) is 5.91 Å². The Morgan fingerprint density at radius 2 is 1.68 bits per heavy atom. The predicted octanol–water partition coefficient (Wildman–Crippen LogP) is 2.84.